The molecule has 1 aromatic heterocycles. The summed E-state index contributed by atoms with van der Waals surface area (Å²) in [6.07, 6.45) is 1.58. The molecule has 0 unspecified atom stereocenters. The van der Waals surface area contributed by atoms with Gasteiger partial charge in [0.1, 0.15) is 11.5 Å². The van der Waals surface area contributed by atoms with Crippen LogP contribution in [0.2, 0.25) is 0 Å². The minimum atomic E-state index is -0.430. The Morgan fingerprint density at radius 3 is 2.42 bits per heavy atom. The van der Waals surface area contributed by atoms with Crippen LogP contribution >= 0.6 is 22.6 Å². The zero-order valence-corrected chi connectivity index (χ0v) is 14.5. The Morgan fingerprint density at radius 2 is 1.75 bits per heavy atom. The number of benzene rings is 2. The number of hydrogen-bond acceptors (Lipinski definition) is 5. The molecule has 24 heavy (non-hydrogen) atoms. The Balaban J connectivity index is 1.67. The van der Waals surface area contributed by atoms with Gasteiger partial charge in [0.2, 0.25) is 0 Å². The molecule has 0 spiro atoms. The van der Waals surface area contributed by atoms with E-state index in [0.717, 1.165) is 14.8 Å². The molecule has 0 atom stereocenters. The van der Waals surface area contributed by atoms with Crippen LogP contribution in [0.15, 0.2) is 70.2 Å². The van der Waals surface area contributed by atoms with E-state index in [2.05, 4.69) is 33.1 Å². The van der Waals surface area contributed by atoms with Gasteiger partial charge in [0, 0.05) is 21.3 Å². The van der Waals surface area contributed by atoms with Gasteiger partial charge in [0.05, 0.1) is 16.8 Å². The van der Waals surface area contributed by atoms with Gasteiger partial charge in [-0.1, -0.05) is 0 Å². The number of hydrazone groups is 1. The first-order valence-corrected chi connectivity index (χ1v) is 8.09. The number of hydrogen-bond donors (Lipinski definition) is 1. The summed E-state index contributed by atoms with van der Waals surface area (Å²) in [4.78, 5) is 10.2. The highest BCUT2D eigenvalue weighted by atomic mass is 127. The molecule has 6 nitrogen and oxygen atoms in total. The van der Waals surface area contributed by atoms with Crippen LogP contribution in [-0.2, 0) is 0 Å². The van der Waals surface area contributed by atoms with E-state index in [9.17, 15) is 10.1 Å². The van der Waals surface area contributed by atoms with Gasteiger partial charge in [-0.3, -0.25) is 15.5 Å². The van der Waals surface area contributed by atoms with Gasteiger partial charge in [-0.25, -0.2) is 0 Å². The fraction of sp³-hybridized carbons (Fsp3) is 0. The topological polar surface area (TPSA) is 80.7 Å². The third-order valence-electron chi connectivity index (χ3n) is 3.22. The zero-order valence-electron chi connectivity index (χ0n) is 12.3. The molecule has 0 radical (unpaired) electrons. The van der Waals surface area contributed by atoms with E-state index in [0.29, 0.717) is 11.5 Å². The van der Waals surface area contributed by atoms with Gasteiger partial charge in [-0.15, -0.1) is 0 Å². The molecule has 3 rings (SSSR count). The normalized spacial score (nSPS) is 10.9. The summed E-state index contributed by atoms with van der Waals surface area (Å²) in [7, 11) is 0. The Labute approximate surface area is 151 Å². The number of non-ortho nitro benzene ring substituents is 1. The van der Waals surface area contributed by atoms with Crippen LogP contribution in [0.1, 0.15) is 5.76 Å². The van der Waals surface area contributed by atoms with Crippen LogP contribution in [0.3, 0.4) is 0 Å². The second-order valence-corrected chi connectivity index (χ2v) is 6.13. The number of rotatable bonds is 5. The largest absolute Gasteiger partial charge is 0.455 e. The lowest BCUT2D eigenvalue weighted by atomic mass is 10.1. The Morgan fingerprint density at radius 1 is 1.04 bits per heavy atom. The maximum Gasteiger partial charge on any atom is 0.269 e. The van der Waals surface area contributed by atoms with Crippen molar-refractivity contribution in [3.8, 4) is 11.3 Å². The van der Waals surface area contributed by atoms with Crippen LogP contribution in [0.5, 0.6) is 0 Å². The monoisotopic (exact) mass is 433 g/mol. The number of nitrogens with zero attached hydrogens (tertiary/aromatic N) is 2. The highest BCUT2D eigenvalue weighted by Gasteiger charge is 2.07. The maximum atomic E-state index is 10.7. The van der Waals surface area contributed by atoms with E-state index in [4.69, 9.17) is 4.42 Å². The van der Waals surface area contributed by atoms with Gasteiger partial charge in [0.15, 0.2) is 0 Å². The molecule has 0 aliphatic rings. The molecule has 0 saturated heterocycles. The zero-order chi connectivity index (χ0) is 16.9. The van der Waals surface area contributed by atoms with Gasteiger partial charge in [-0.2, -0.15) is 5.10 Å². The summed E-state index contributed by atoms with van der Waals surface area (Å²) in [6.45, 7) is 0. The van der Waals surface area contributed by atoms with Crippen LogP contribution in [-0.4, -0.2) is 11.1 Å². The summed E-state index contributed by atoms with van der Waals surface area (Å²) in [6, 6.07) is 17.6. The van der Waals surface area contributed by atoms with Crippen molar-refractivity contribution in [1.29, 1.82) is 0 Å². The maximum absolute atomic E-state index is 10.7. The molecule has 120 valence electrons. The minimum absolute atomic E-state index is 0.0498. The predicted molar refractivity (Wildman–Crippen MR) is 101 cm³/mol. The molecule has 0 fully saturated rings. The number of nitro groups is 1. The molecule has 7 heteroatoms. The fourth-order valence-corrected chi connectivity index (χ4v) is 2.38. The number of nitrogens with one attached hydrogen (secondary N) is 1. The van der Waals surface area contributed by atoms with Crippen LogP contribution in [0, 0.1) is 13.7 Å². The quantitative estimate of drug-likeness (QED) is 0.269. The Kier molecular flexibility index (Phi) is 4.90. The van der Waals surface area contributed by atoms with E-state index in [1.807, 2.05) is 24.3 Å². The summed E-state index contributed by atoms with van der Waals surface area (Å²) >= 11 is 2.24. The molecule has 0 aliphatic heterocycles. The summed E-state index contributed by atoms with van der Waals surface area (Å²) in [5.41, 5.74) is 4.62. The van der Waals surface area contributed by atoms with Gasteiger partial charge >= 0.3 is 0 Å². The summed E-state index contributed by atoms with van der Waals surface area (Å²) < 4.78 is 6.82. The van der Waals surface area contributed by atoms with Crippen molar-refractivity contribution in [1.82, 2.24) is 0 Å². The number of anilines is 1. The molecular weight excluding hydrogens is 421 g/mol. The van der Waals surface area contributed by atoms with Crippen molar-refractivity contribution < 1.29 is 9.34 Å². The lowest BCUT2D eigenvalue weighted by Gasteiger charge is -1.99. The van der Waals surface area contributed by atoms with Crippen molar-refractivity contribution in [2.24, 2.45) is 5.10 Å². The van der Waals surface area contributed by atoms with E-state index < -0.39 is 4.92 Å². The molecule has 0 aliphatic carbocycles. The first-order valence-electron chi connectivity index (χ1n) is 7.01. The van der Waals surface area contributed by atoms with Gasteiger partial charge < -0.3 is 4.42 Å². The number of furan rings is 1. The number of nitro benzene ring substituents is 1. The first-order chi connectivity index (χ1) is 11.6. The molecule has 0 bridgehead atoms. The molecule has 0 saturated carbocycles. The van der Waals surface area contributed by atoms with Crippen LogP contribution in [0.25, 0.3) is 11.3 Å². The molecule has 2 aromatic carbocycles. The Bertz CT molecular complexity index is 871. The molecule has 3 aromatic rings. The van der Waals surface area contributed by atoms with Crippen molar-refractivity contribution in [2.75, 3.05) is 5.43 Å². The standard InChI is InChI=1S/C17H12IN3O3/c18-13-3-5-14(6-4-13)20-19-11-16-9-10-17(24-16)12-1-7-15(8-2-12)21(22)23/h1-11,20H/b19-11+. The average molecular weight is 433 g/mol. The number of halogens is 1. The Hall–Kier alpha value is -2.68. The highest BCUT2D eigenvalue weighted by molar-refractivity contribution is 14.1. The molecule has 1 N–H and O–H groups in total. The van der Waals surface area contributed by atoms with E-state index in [1.165, 1.54) is 12.1 Å². The lowest BCUT2D eigenvalue weighted by Crippen LogP contribution is -1.89. The first kappa shape index (κ1) is 16.2. The average Bonchev–Trinajstić information content (AvgIpc) is 3.06. The molecular formula is C17H12IN3O3. The van der Waals surface area contributed by atoms with Crippen molar-refractivity contribution in [2.45, 2.75) is 0 Å². The second kappa shape index (κ2) is 7.26. The third kappa shape index (κ3) is 3.99. The third-order valence-corrected chi connectivity index (χ3v) is 3.94. The SMILES string of the molecule is O=[N+]([O-])c1ccc(-c2ccc(/C=N/Nc3ccc(I)cc3)o2)cc1. The second-order valence-electron chi connectivity index (χ2n) is 4.88. The molecule has 1 heterocycles. The van der Waals surface area contributed by atoms with Crippen LogP contribution < -0.4 is 5.43 Å². The predicted octanol–water partition coefficient (Wildman–Crippen LogP) is 4.91. The fourth-order valence-electron chi connectivity index (χ4n) is 2.02. The summed E-state index contributed by atoms with van der Waals surface area (Å²) in [5, 5.41) is 14.8. The van der Waals surface area contributed by atoms with Gasteiger partial charge in [-0.05, 0) is 71.1 Å². The van der Waals surface area contributed by atoms with E-state index >= 15 is 0 Å². The van der Waals surface area contributed by atoms with E-state index in [-0.39, 0.29) is 5.69 Å². The lowest BCUT2D eigenvalue weighted by molar-refractivity contribution is -0.384. The molecule has 0 amide bonds. The summed E-state index contributed by atoms with van der Waals surface area (Å²) in [5.74, 6) is 1.21. The smallest absolute Gasteiger partial charge is 0.269 e. The van der Waals surface area contributed by atoms with Crippen molar-refractivity contribution in [3.63, 3.8) is 0 Å². The minimum Gasteiger partial charge on any atom is -0.455 e. The van der Waals surface area contributed by atoms with Crippen molar-refractivity contribution >= 4 is 40.2 Å². The van der Waals surface area contributed by atoms with Crippen molar-refractivity contribution in [3.05, 3.63) is 80.1 Å². The van der Waals surface area contributed by atoms with Gasteiger partial charge in [0.25, 0.3) is 5.69 Å². The highest BCUT2D eigenvalue weighted by Crippen LogP contribution is 2.24. The van der Waals surface area contributed by atoms with E-state index in [1.54, 1.807) is 30.5 Å². The van der Waals surface area contributed by atoms with Crippen LogP contribution in [0.4, 0.5) is 11.4 Å².